The number of carbonyl (C=O) groups is 2. The molecule has 7 heteroatoms. The van der Waals surface area contributed by atoms with Gasteiger partial charge in [-0.2, -0.15) is 0 Å². The second kappa shape index (κ2) is 12.5. The Morgan fingerprint density at radius 2 is 1.37 bits per heavy atom. The Balaban J connectivity index is 1.09. The zero-order chi connectivity index (χ0) is 28.8. The number of nitrogens with zero attached hydrogens (tertiary/aromatic N) is 1. The number of ether oxygens (including phenoxy) is 3. The Morgan fingerprint density at radius 3 is 2.05 bits per heavy atom. The van der Waals surface area contributed by atoms with Crippen molar-refractivity contribution in [2.24, 2.45) is 0 Å². The normalized spacial score (nSPS) is 14.6. The van der Waals surface area contributed by atoms with E-state index in [1.807, 2.05) is 78.9 Å². The molecule has 1 aliphatic rings. The summed E-state index contributed by atoms with van der Waals surface area (Å²) in [5.41, 5.74) is 2.18. The first kappa shape index (κ1) is 28.3. The lowest BCUT2D eigenvalue weighted by Gasteiger charge is -2.19. The number of hydrogen-bond acceptors (Lipinski definition) is 6. The van der Waals surface area contributed by atoms with Gasteiger partial charge in [0.1, 0.15) is 37.1 Å². The first-order chi connectivity index (χ1) is 19.8. The number of rotatable bonds is 10. The number of benzene rings is 4. The van der Waals surface area contributed by atoms with Crippen LogP contribution in [0.3, 0.4) is 0 Å². The monoisotopic (exact) mass is 567 g/mol. The van der Waals surface area contributed by atoms with Crippen molar-refractivity contribution < 1.29 is 23.8 Å². The zero-order valence-electron chi connectivity index (χ0n) is 23.5. The van der Waals surface area contributed by atoms with Crippen molar-refractivity contribution in [2.45, 2.75) is 26.2 Å². The van der Waals surface area contributed by atoms with Crippen LogP contribution in [0.2, 0.25) is 0 Å². The highest BCUT2D eigenvalue weighted by atomic mass is 32.2. The maximum Gasteiger partial charge on any atom is 0.293 e. The summed E-state index contributed by atoms with van der Waals surface area (Å²) >= 11 is 0.942. The first-order valence-corrected chi connectivity index (χ1v) is 14.4. The Kier molecular flexibility index (Phi) is 8.64. The average Bonchev–Trinajstić information content (AvgIpc) is 3.23. The molecule has 5 rings (SSSR count). The average molecular weight is 568 g/mol. The number of hydrogen-bond donors (Lipinski definition) is 0. The molecule has 1 fully saturated rings. The van der Waals surface area contributed by atoms with Crippen molar-refractivity contribution in [3.63, 3.8) is 0 Å². The van der Waals surface area contributed by atoms with Crippen LogP contribution in [-0.4, -0.2) is 42.4 Å². The lowest BCUT2D eigenvalue weighted by molar-refractivity contribution is -0.123. The maximum atomic E-state index is 12.9. The van der Waals surface area contributed by atoms with Gasteiger partial charge >= 0.3 is 0 Å². The summed E-state index contributed by atoms with van der Waals surface area (Å²) in [7, 11) is 0. The number of amides is 2. The van der Waals surface area contributed by atoms with E-state index < -0.39 is 0 Å². The standard InChI is InChI=1S/C34H33NO5S/c1-34(2,3)26-13-17-28(18-14-26)39-22-21-38-27-15-11-24(12-16-27)23-31-32(36)35(33(37)41-31)19-20-40-30-10-6-8-25-7-4-5-9-29(25)30/h4-18,23H,19-22H2,1-3H3/b31-23-. The molecule has 4 aromatic rings. The summed E-state index contributed by atoms with van der Waals surface area (Å²) in [6.45, 7) is 7.78. The van der Waals surface area contributed by atoms with Gasteiger partial charge in [0, 0.05) is 5.39 Å². The lowest BCUT2D eigenvalue weighted by atomic mass is 9.87. The molecule has 0 N–H and O–H groups in total. The molecular formula is C34H33NO5S. The van der Waals surface area contributed by atoms with Gasteiger partial charge in [-0.05, 0) is 70.1 Å². The van der Waals surface area contributed by atoms with Crippen LogP contribution in [0.4, 0.5) is 4.79 Å². The van der Waals surface area contributed by atoms with Crippen molar-refractivity contribution in [1.29, 1.82) is 0 Å². The number of imide groups is 1. The van der Waals surface area contributed by atoms with E-state index >= 15 is 0 Å². The van der Waals surface area contributed by atoms with Gasteiger partial charge in [-0.15, -0.1) is 0 Å². The number of fused-ring (bicyclic) bond motifs is 1. The predicted molar refractivity (Wildman–Crippen MR) is 165 cm³/mol. The van der Waals surface area contributed by atoms with Crippen LogP contribution >= 0.6 is 11.8 Å². The summed E-state index contributed by atoms with van der Waals surface area (Å²) < 4.78 is 17.5. The summed E-state index contributed by atoms with van der Waals surface area (Å²) in [5, 5.41) is 1.77. The highest BCUT2D eigenvalue weighted by molar-refractivity contribution is 8.18. The minimum Gasteiger partial charge on any atom is -0.491 e. The second-order valence-corrected chi connectivity index (χ2v) is 11.7. The molecule has 210 valence electrons. The van der Waals surface area contributed by atoms with E-state index in [-0.39, 0.29) is 29.7 Å². The van der Waals surface area contributed by atoms with E-state index in [2.05, 4.69) is 32.9 Å². The van der Waals surface area contributed by atoms with Crippen LogP contribution in [0.5, 0.6) is 17.2 Å². The van der Waals surface area contributed by atoms with Gasteiger partial charge in [0.2, 0.25) is 0 Å². The van der Waals surface area contributed by atoms with Crippen LogP contribution in [0, 0.1) is 0 Å². The van der Waals surface area contributed by atoms with Crippen molar-refractivity contribution in [2.75, 3.05) is 26.4 Å². The Labute approximate surface area is 244 Å². The lowest BCUT2D eigenvalue weighted by Crippen LogP contribution is -2.32. The van der Waals surface area contributed by atoms with Gasteiger partial charge in [0.15, 0.2) is 0 Å². The van der Waals surface area contributed by atoms with Crippen molar-refractivity contribution >= 4 is 39.8 Å². The fourth-order valence-corrected chi connectivity index (χ4v) is 5.31. The molecule has 1 saturated heterocycles. The molecule has 0 saturated carbocycles. The van der Waals surface area contributed by atoms with Gasteiger partial charge in [-0.1, -0.05) is 81.4 Å². The predicted octanol–water partition coefficient (Wildman–Crippen LogP) is 7.71. The van der Waals surface area contributed by atoms with Crippen LogP contribution in [0.25, 0.3) is 16.8 Å². The molecule has 0 unspecified atom stereocenters. The van der Waals surface area contributed by atoms with Crippen molar-refractivity contribution in [1.82, 2.24) is 4.90 Å². The van der Waals surface area contributed by atoms with Gasteiger partial charge in [-0.3, -0.25) is 14.5 Å². The summed E-state index contributed by atoms with van der Waals surface area (Å²) in [6.07, 6.45) is 1.73. The molecule has 6 nitrogen and oxygen atoms in total. The van der Waals surface area contributed by atoms with Crippen molar-refractivity contribution in [3.8, 4) is 17.2 Å². The number of carbonyl (C=O) groups excluding carboxylic acids is 2. The highest BCUT2D eigenvalue weighted by Gasteiger charge is 2.34. The third-order valence-corrected chi connectivity index (χ3v) is 7.62. The van der Waals surface area contributed by atoms with Gasteiger partial charge in [0.25, 0.3) is 11.1 Å². The van der Waals surface area contributed by atoms with Crippen LogP contribution in [0.1, 0.15) is 31.9 Å². The smallest absolute Gasteiger partial charge is 0.293 e. The molecular weight excluding hydrogens is 534 g/mol. The van der Waals surface area contributed by atoms with Crippen LogP contribution in [0.15, 0.2) is 95.9 Å². The largest absolute Gasteiger partial charge is 0.491 e. The van der Waals surface area contributed by atoms with E-state index in [1.54, 1.807) is 6.08 Å². The van der Waals surface area contributed by atoms with E-state index in [1.165, 1.54) is 10.5 Å². The Hall–Kier alpha value is -4.23. The number of thioether (sulfide) groups is 1. The van der Waals surface area contributed by atoms with Gasteiger partial charge in [0.05, 0.1) is 11.4 Å². The summed E-state index contributed by atoms with van der Waals surface area (Å²) in [5.74, 6) is 1.93. The van der Waals surface area contributed by atoms with Gasteiger partial charge < -0.3 is 14.2 Å². The molecule has 2 amide bonds. The zero-order valence-corrected chi connectivity index (χ0v) is 24.3. The topological polar surface area (TPSA) is 65.1 Å². The Morgan fingerprint density at radius 1 is 0.732 bits per heavy atom. The van der Waals surface area contributed by atoms with Crippen molar-refractivity contribution in [3.05, 3.63) is 107 Å². The maximum absolute atomic E-state index is 12.9. The summed E-state index contributed by atoms with van der Waals surface area (Å²) in [6, 6.07) is 29.3. The second-order valence-electron chi connectivity index (χ2n) is 10.7. The minimum absolute atomic E-state index is 0.107. The molecule has 0 aromatic heterocycles. The third kappa shape index (κ3) is 7.11. The fourth-order valence-electron chi connectivity index (χ4n) is 4.44. The quantitative estimate of drug-likeness (QED) is 0.144. The Bertz CT molecular complexity index is 1550. The molecule has 41 heavy (non-hydrogen) atoms. The van der Waals surface area contributed by atoms with E-state index in [4.69, 9.17) is 14.2 Å². The van der Waals surface area contributed by atoms with E-state index in [9.17, 15) is 9.59 Å². The summed E-state index contributed by atoms with van der Waals surface area (Å²) in [4.78, 5) is 27.1. The highest BCUT2D eigenvalue weighted by Crippen LogP contribution is 2.33. The van der Waals surface area contributed by atoms with E-state index in [0.717, 1.165) is 39.6 Å². The molecule has 0 spiro atoms. The molecule has 1 aliphatic heterocycles. The van der Waals surface area contributed by atoms with Gasteiger partial charge in [-0.25, -0.2) is 0 Å². The molecule has 4 aromatic carbocycles. The molecule has 0 atom stereocenters. The molecule has 0 radical (unpaired) electrons. The van der Waals surface area contributed by atoms with E-state index in [0.29, 0.717) is 23.9 Å². The fraction of sp³-hybridized carbons (Fsp3) is 0.235. The minimum atomic E-state index is -0.311. The van der Waals surface area contributed by atoms with Crippen LogP contribution in [-0.2, 0) is 10.2 Å². The molecule has 0 bridgehead atoms. The first-order valence-electron chi connectivity index (χ1n) is 13.6. The molecule has 0 aliphatic carbocycles. The third-order valence-electron chi connectivity index (χ3n) is 6.71. The van der Waals surface area contributed by atoms with Crippen LogP contribution < -0.4 is 14.2 Å². The SMILES string of the molecule is CC(C)(C)c1ccc(OCCOc2ccc(/C=C3\SC(=O)N(CCOc4cccc5ccccc45)C3=O)cc2)cc1. The molecule has 1 heterocycles.